The van der Waals surface area contributed by atoms with Gasteiger partial charge in [-0.2, -0.15) is 13.2 Å². The van der Waals surface area contributed by atoms with Gasteiger partial charge >= 0.3 is 12.2 Å². The molecule has 1 aliphatic heterocycles. The molecule has 0 spiro atoms. The van der Waals surface area contributed by atoms with Crippen LogP contribution in [0.25, 0.3) is 11.1 Å². The Morgan fingerprint density at radius 3 is 2.44 bits per heavy atom. The predicted octanol–water partition coefficient (Wildman–Crippen LogP) is 4.75. The molecule has 1 aromatic heterocycles. The lowest BCUT2D eigenvalue weighted by atomic mass is 10.1. The number of anilines is 2. The number of urea groups is 1. The van der Waals surface area contributed by atoms with Gasteiger partial charge in [0.15, 0.2) is 11.6 Å². The number of nitrogens with zero attached hydrogens (tertiary/aromatic N) is 3. The molecule has 1 unspecified atom stereocenters. The minimum Gasteiger partial charge on any atom is -0.326 e. The van der Waals surface area contributed by atoms with Crippen molar-refractivity contribution in [3.63, 3.8) is 0 Å². The van der Waals surface area contributed by atoms with E-state index in [-0.39, 0.29) is 35.6 Å². The van der Waals surface area contributed by atoms with Gasteiger partial charge in [-0.15, -0.1) is 0 Å². The van der Waals surface area contributed by atoms with Crippen LogP contribution in [-0.4, -0.2) is 47.8 Å². The number of hydrogen-bond acceptors (Lipinski definition) is 5. The molecule has 0 aliphatic carbocycles. The highest BCUT2D eigenvalue weighted by atomic mass is 31.2. The Kier molecular flexibility index (Phi) is 7.44. The van der Waals surface area contributed by atoms with Gasteiger partial charge in [-0.3, -0.25) is 4.79 Å². The van der Waals surface area contributed by atoms with Gasteiger partial charge in [0.25, 0.3) is 0 Å². The van der Waals surface area contributed by atoms with Crippen molar-refractivity contribution in [3.8, 4) is 11.1 Å². The zero-order valence-electron chi connectivity index (χ0n) is 20.3. The Bertz CT molecular complexity index is 1510. The first-order valence-corrected chi connectivity index (χ1v) is 13.9. The molecule has 3 aromatic rings. The molecule has 206 valence electrons. The van der Waals surface area contributed by atoms with Crippen LogP contribution in [0.4, 0.5) is 42.5 Å². The maximum Gasteiger partial charge on any atom is 0.416 e. The van der Waals surface area contributed by atoms with Crippen LogP contribution in [0, 0.1) is 17.5 Å². The van der Waals surface area contributed by atoms with Crippen molar-refractivity contribution in [1.82, 2.24) is 15.3 Å². The topological polar surface area (TPSA) is 104 Å². The van der Waals surface area contributed by atoms with Crippen LogP contribution >= 0.6 is 7.14 Å². The van der Waals surface area contributed by atoms with Crippen LogP contribution in [0.5, 0.6) is 0 Å². The molecule has 0 saturated carbocycles. The number of hydrogen-bond donors (Lipinski definition) is 2. The largest absolute Gasteiger partial charge is 0.416 e. The second-order valence-electron chi connectivity index (χ2n) is 8.99. The number of nitrogens with one attached hydrogen (secondary N) is 2. The highest BCUT2D eigenvalue weighted by Gasteiger charge is 2.36. The third kappa shape index (κ3) is 5.75. The van der Waals surface area contributed by atoms with Crippen LogP contribution < -0.4 is 21.0 Å². The lowest BCUT2D eigenvalue weighted by Gasteiger charge is -2.20. The molecule has 2 N–H and O–H groups in total. The zero-order valence-corrected chi connectivity index (χ0v) is 21.2. The van der Waals surface area contributed by atoms with Crippen molar-refractivity contribution in [2.45, 2.75) is 18.6 Å². The number of alkyl halides is 3. The van der Waals surface area contributed by atoms with Gasteiger partial charge in [-0.1, -0.05) is 0 Å². The number of rotatable bonds is 5. The van der Waals surface area contributed by atoms with Gasteiger partial charge in [-0.25, -0.2) is 27.9 Å². The highest BCUT2D eigenvalue weighted by Crippen LogP contribution is 2.39. The molecule has 1 saturated heterocycles. The summed E-state index contributed by atoms with van der Waals surface area (Å²) in [6, 6.07) is 1.56. The Morgan fingerprint density at radius 1 is 1.08 bits per heavy atom. The van der Waals surface area contributed by atoms with E-state index in [1.54, 1.807) is 0 Å². The Labute approximate surface area is 217 Å². The monoisotopic (exact) mass is 571 g/mol. The normalized spacial score (nSPS) is 15.9. The second-order valence-corrected chi connectivity index (χ2v) is 12.1. The van der Waals surface area contributed by atoms with E-state index >= 15 is 8.78 Å². The summed E-state index contributed by atoms with van der Waals surface area (Å²) < 4.78 is 95.0. The van der Waals surface area contributed by atoms with Gasteiger partial charge < -0.3 is 20.1 Å². The van der Waals surface area contributed by atoms with E-state index in [2.05, 4.69) is 15.3 Å². The molecule has 1 atom stereocenters. The number of aromatic nitrogens is 2. The van der Waals surface area contributed by atoms with E-state index in [0.29, 0.717) is 6.07 Å². The third-order valence-electron chi connectivity index (χ3n) is 5.90. The minimum atomic E-state index is -4.78. The standard InChI is InChI=1S/C24H20F6N5O3P/c1-39(2,38)21-14(10-31-11-32-21)13-4-6-18(20(27)19(13)26)35-8-7-17(22(35)36)34-23(37)33-16-5-3-12(9-15(16)25)24(28,29)30/h3-6,9-11,17H,7-8H2,1-2H3,(H2,33,34,37). The van der Waals surface area contributed by atoms with Crippen molar-refractivity contribution < 1.29 is 40.5 Å². The molecule has 1 fully saturated rings. The van der Waals surface area contributed by atoms with Gasteiger partial charge in [0.2, 0.25) is 5.91 Å². The van der Waals surface area contributed by atoms with Crippen molar-refractivity contribution in [1.29, 1.82) is 0 Å². The molecular weight excluding hydrogens is 551 g/mol. The summed E-state index contributed by atoms with van der Waals surface area (Å²) in [5.41, 5.74) is -2.38. The number of halogens is 6. The second kappa shape index (κ2) is 10.3. The summed E-state index contributed by atoms with van der Waals surface area (Å²) in [5, 5.41) is 4.27. The average molecular weight is 571 g/mol. The van der Waals surface area contributed by atoms with Crippen LogP contribution in [0.15, 0.2) is 42.9 Å². The average Bonchev–Trinajstić information content (AvgIpc) is 3.20. The van der Waals surface area contributed by atoms with Gasteiger partial charge in [0.1, 0.15) is 30.8 Å². The fourth-order valence-electron chi connectivity index (χ4n) is 4.06. The summed E-state index contributed by atoms with van der Waals surface area (Å²) >= 11 is 0. The Balaban J connectivity index is 1.50. The van der Waals surface area contributed by atoms with E-state index in [4.69, 9.17) is 0 Å². The SMILES string of the molecule is CP(C)(=O)c1ncncc1-c1ccc(N2CCC(NC(=O)Nc3ccc(C(F)(F)F)cc3F)C2=O)c(F)c1F. The summed E-state index contributed by atoms with van der Waals surface area (Å²) in [7, 11) is -2.98. The number of benzene rings is 2. The van der Waals surface area contributed by atoms with Crippen molar-refractivity contribution >= 4 is 35.9 Å². The van der Waals surface area contributed by atoms with Gasteiger partial charge in [-0.05, 0) is 50.1 Å². The maximum absolute atomic E-state index is 15.1. The summed E-state index contributed by atoms with van der Waals surface area (Å²) in [6.07, 6.45) is -2.45. The molecule has 39 heavy (non-hydrogen) atoms. The Hall–Kier alpha value is -3.93. The smallest absolute Gasteiger partial charge is 0.326 e. The maximum atomic E-state index is 15.1. The van der Waals surface area contributed by atoms with E-state index in [0.717, 1.165) is 23.4 Å². The molecule has 15 heteroatoms. The summed E-state index contributed by atoms with van der Waals surface area (Å²) in [4.78, 5) is 33.8. The molecule has 1 aliphatic rings. The van der Waals surface area contributed by atoms with E-state index < -0.39 is 65.7 Å². The first-order chi connectivity index (χ1) is 18.2. The number of amides is 3. The predicted molar refractivity (Wildman–Crippen MR) is 131 cm³/mol. The quantitative estimate of drug-likeness (QED) is 0.340. The van der Waals surface area contributed by atoms with Crippen molar-refractivity contribution in [2.75, 3.05) is 30.1 Å². The molecule has 0 radical (unpaired) electrons. The lowest BCUT2D eigenvalue weighted by Crippen LogP contribution is -2.43. The molecular formula is C24H20F6N5O3P. The van der Waals surface area contributed by atoms with Crippen molar-refractivity contribution in [2.24, 2.45) is 0 Å². The van der Waals surface area contributed by atoms with E-state index in [1.165, 1.54) is 25.6 Å². The van der Waals surface area contributed by atoms with Gasteiger partial charge in [0.05, 0.1) is 16.9 Å². The zero-order chi connectivity index (χ0) is 28.7. The first-order valence-electron chi connectivity index (χ1n) is 11.3. The molecule has 4 rings (SSSR count). The van der Waals surface area contributed by atoms with Crippen LogP contribution in [0.1, 0.15) is 12.0 Å². The fourth-order valence-corrected chi connectivity index (χ4v) is 5.15. The lowest BCUT2D eigenvalue weighted by molar-refractivity contribution is -0.137. The minimum absolute atomic E-state index is 0.0178. The van der Waals surface area contributed by atoms with Crippen LogP contribution in [0.2, 0.25) is 0 Å². The van der Waals surface area contributed by atoms with Crippen molar-refractivity contribution in [3.05, 3.63) is 65.9 Å². The number of carbonyl (C=O) groups excluding carboxylic acids is 2. The van der Waals surface area contributed by atoms with Crippen LogP contribution in [0.3, 0.4) is 0 Å². The van der Waals surface area contributed by atoms with E-state index in [9.17, 15) is 31.7 Å². The molecule has 2 aromatic carbocycles. The van der Waals surface area contributed by atoms with Gasteiger partial charge in [0, 0.05) is 23.9 Å². The molecule has 0 bridgehead atoms. The Morgan fingerprint density at radius 2 is 1.79 bits per heavy atom. The molecule has 8 nitrogen and oxygen atoms in total. The number of carbonyl (C=O) groups is 2. The highest BCUT2D eigenvalue weighted by molar-refractivity contribution is 7.70. The summed E-state index contributed by atoms with van der Waals surface area (Å²) in [5.74, 6) is -4.82. The fraction of sp³-hybridized carbons (Fsp3) is 0.250. The van der Waals surface area contributed by atoms with Crippen LogP contribution in [-0.2, 0) is 15.5 Å². The molecule has 3 amide bonds. The third-order valence-corrected chi connectivity index (χ3v) is 7.28. The van der Waals surface area contributed by atoms with E-state index in [1.807, 2.05) is 5.32 Å². The summed E-state index contributed by atoms with van der Waals surface area (Å²) in [6.45, 7) is 2.73. The molecule has 2 heterocycles. The first kappa shape index (κ1) is 28.1.